The third kappa shape index (κ3) is 3.29. The Hall–Kier alpha value is -1.43. The molecule has 1 saturated heterocycles. The Morgan fingerprint density at radius 1 is 1.22 bits per heavy atom. The van der Waals surface area contributed by atoms with E-state index in [9.17, 15) is 18.3 Å². The predicted molar refractivity (Wildman–Crippen MR) is 57.6 cm³/mol. The van der Waals surface area contributed by atoms with Crippen LogP contribution >= 0.6 is 0 Å². The van der Waals surface area contributed by atoms with E-state index in [1.54, 1.807) is 6.07 Å². The molecular formula is C12H13F3O3. The van der Waals surface area contributed by atoms with E-state index in [0.29, 0.717) is 13.2 Å². The van der Waals surface area contributed by atoms with Crippen molar-refractivity contribution in [1.82, 2.24) is 0 Å². The Balaban J connectivity index is 2.19. The fourth-order valence-corrected chi connectivity index (χ4v) is 2.02. The molecule has 1 aromatic rings. The molecule has 0 saturated carbocycles. The topological polar surface area (TPSA) is 38.7 Å². The van der Waals surface area contributed by atoms with Gasteiger partial charge in [-0.25, -0.2) is 0 Å². The van der Waals surface area contributed by atoms with Crippen LogP contribution < -0.4 is 4.74 Å². The maximum absolute atomic E-state index is 12.1. The zero-order chi connectivity index (χ0) is 13.2. The molecule has 0 amide bonds. The van der Waals surface area contributed by atoms with Crippen molar-refractivity contribution in [3.63, 3.8) is 0 Å². The summed E-state index contributed by atoms with van der Waals surface area (Å²) >= 11 is 0. The first-order chi connectivity index (χ1) is 8.46. The summed E-state index contributed by atoms with van der Waals surface area (Å²) in [7, 11) is 0. The Bertz CT molecular complexity index is 412. The molecule has 1 aliphatic rings. The van der Waals surface area contributed by atoms with Gasteiger partial charge in [0.25, 0.3) is 0 Å². The van der Waals surface area contributed by atoms with Gasteiger partial charge in [0.05, 0.1) is 0 Å². The maximum Gasteiger partial charge on any atom is 0.573 e. The second kappa shape index (κ2) is 5.06. The normalized spacial score (nSPS) is 17.7. The summed E-state index contributed by atoms with van der Waals surface area (Å²) in [6.45, 7) is 1.20. The third-order valence-electron chi connectivity index (χ3n) is 2.90. The number of phenolic OH excluding ortho intramolecular Hbond substituents is 1. The van der Waals surface area contributed by atoms with E-state index in [1.165, 1.54) is 12.1 Å². The van der Waals surface area contributed by atoms with Crippen LogP contribution in [0.5, 0.6) is 11.5 Å². The molecule has 0 atom stereocenters. The molecule has 1 fully saturated rings. The molecule has 0 unspecified atom stereocenters. The van der Waals surface area contributed by atoms with E-state index in [4.69, 9.17) is 4.74 Å². The highest BCUT2D eigenvalue weighted by molar-refractivity contribution is 5.43. The molecule has 18 heavy (non-hydrogen) atoms. The van der Waals surface area contributed by atoms with E-state index in [-0.39, 0.29) is 5.92 Å². The Labute approximate surface area is 102 Å². The summed E-state index contributed by atoms with van der Waals surface area (Å²) in [5, 5.41) is 9.35. The molecule has 100 valence electrons. The highest BCUT2D eigenvalue weighted by Crippen LogP contribution is 2.36. The highest BCUT2D eigenvalue weighted by Gasteiger charge is 2.32. The van der Waals surface area contributed by atoms with E-state index >= 15 is 0 Å². The SMILES string of the molecule is Oc1ccc(C2CCOCC2)cc1OC(F)(F)F. The molecule has 1 heterocycles. The Morgan fingerprint density at radius 2 is 1.89 bits per heavy atom. The number of benzene rings is 1. The number of alkyl halides is 3. The van der Waals surface area contributed by atoms with Crippen LogP contribution in [-0.4, -0.2) is 24.7 Å². The molecule has 0 aromatic heterocycles. The van der Waals surface area contributed by atoms with Crippen LogP contribution in [0.25, 0.3) is 0 Å². The minimum absolute atomic E-state index is 0.148. The first-order valence-corrected chi connectivity index (χ1v) is 5.62. The monoisotopic (exact) mass is 262 g/mol. The maximum atomic E-state index is 12.1. The minimum atomic E-state index is -4.80. The van der Waals surface area contributed by atoms with Crippen molar-refractivity contribution >= 4 is 0 Å². The molecule has 0 spiro atoms. The molecule has 6 heteroatoms. The van der Waals surface area contributed by atoms with Crippen LogP contribution in [0.15, 0.2) is 18.2 Å². The third-order valence-corrected chi connectivity index (χ3v) is 2.90. The molecule has 2 rings (SSSR count). The Morgan fingerprint density at radius 3 is 2.50 bits per heavy atom. The quantitative estimate of drug-likeness (QED) is 0.889. The van der Waals surface area contributed by atoms with Crippen molar-refractivity contribution in [2.45, 2.75) is 25.1 Å². The van der Waals surface area contributed by atoms with Crippen LogP contribution in [-0.2, 0) is 4.74 Å². The molecule has 0 radical (unpaired) electrons. The molecule has 3 nitrogen and oxygen atoms in total. The number of rotatable bonds is 2. The van der Waals surface area contributed by atoms with Gasteiger partial charge in [0.15, 0.2) is 11.5 Å². The summed E-state index contributed by atoms with van der Waals surface area (Å²) in [4.78, 5) is 0. The number of hydrogen-bond donors (Lipinski definition) is 1. The highest BCUT2D eigenvalue weighted by atomic mass is 19.4. The van der Waals surface area contributed by atoms with Gasteiger partial charge in [0.2, 0.25) is 0 Å². The molecule has 1 N–H and O–H groups in total. The summed E-state index contributed by atoms with van der Waals surface area (Å²) in [5.41, 5.74) is 0.732. The number of aromatic hydroxyl groups is 1. The summed E-state index contributed by atoms with van der Waals surface area (Å²) in [6, 6.07) is 4.10. The van der Waals surface area contributed by atoms with E-state index < -0.39 is 17.9 Å². The van der Waals surface area contributed by atoms with Gasteiger partial charge in [-0.05, 0) is 36.5 Å². The average Bonchev–Trinajstić information content (AvgIpc) is 2.31. The van der Waals surface area contributed by atoms with Crippen LogP contribution in [0, 0.1) is 0 Å². The standard InChI is InChI=1S/C12H13F3O3/c13-12(14,15)18-11-7-9(1-2-10(11)16)8-3-5-17-6-4-8/h1-2,7-8,16H,3-6H2. The van der Waals surface area contributed by atoms with Gasteiger partial charge in [-0.2, -0.15) is 0 Å². The lowest BCUT2D eigenvalue weighted by molar-refractivity contribution is -0.275. The van der Waals surface area contributed by atoms with Crippen molar-refractivity contribution < 1.29 is 27.8 Å². The Kier molecular flexibility index (Phi) is 3.65. The summed E-state index contributed by atoms with van der Waals surface area (Å²) in [6.07, 6.45) is -3.28. The van der Waals surface area contributed by atoms with Crippen molar-refractivity contribution in [3.8, 4) is 11.5 Å². The second-order valence-electron chi connectivity index (χ2n) is 4.16. The first-order valence-electron chi connectivity index (χ1n) is 5.62. The molecule has 1 aromatic carbocycles. The van der Waals surface area contributed by atoms with Crippen LogP contribution in [0.1, 0.15) is 24.3 Å². The van der Waals surface area contributed by atoms with Crippen molar-refractivity contribution in [1.29, 1.82) is 0 Å². The lowest BCUT2D eigenvalue weighted by Gasteiger charge is -2.23. The van der Waals surface area contributed by atoms with E-state index in [2.05, 4.69) is 4.74 Å². The fraction of sp³-hybridized carbons (Fsp3) is 0.500. The number of hydrogen-bond acceptors (Lipinski definition) is 3. The lowest BCUT2D eigenvalue weighted by Crippen LogP contribution is -2.18. The zero-order valence-corrected chi connectivity index (χ0v) is 9.54. The number of halogens is 3. The number of ether oxygens (including phenoxy) is 2. The van der Waals surface area contributed by atoms with Gasteiger partial charge in [0, 0.05) is 13.2 Å². The molecule has 0 bridgehead atoms. The van der Waals surface area contributed by atoms with Crippen molar-refractivity contribution in [3.05, 3.63) is 23.8 Å². The van der Waals surface area contributed by atoms with E-state index in [1.807, 2.05) is 0 Å². The zero-order valence-electron chi connectivity index (χ0n) is 9.54. The molecular weight excluding hydrogens is 249 g/mol. The van der Waals surface area contributed by atoms with Gasteiger partial charge in [-0.15, -0.1) is 13.2 Å². The van der Waals surface area contributed by atoms with Crippen LogP contribution in [0.3, 0.4) is 0 Å². The van der Waals surface area contributed by atoms with Crippen LogP contribution in [0.2, 0.25) is 0 Å². The van der Waals surface area contributed by atoms with Crippen LogP contribution in [0.4, 0.5) is 13.2 Å². The minimum Gasteiger partial charge on any atom is -0.504 e. The molecule has 1 aliphatic heterocycles. The van der Waals surface area contributed by atoms with Gasteiger partial charge >= 0.3 is 6.36 Å². The van der Waals surface area contributed by atoms with Gasteiger partial charge < -0.3 is 14.6 Å². The summed E-state index contributed by atoms with van der Waals surface area (Å²) in [5.74, 6) is -0.912. The van der Waals surface area contributed by atoms with Crippen molar-refractivity contribution in [2.24, 2.45) is 0 Å². The largest absolute Gasteiger partial charge is 0.573 e. The molecule has 0 aliphatic carbocycles. The van der Waals surface area contributed by atoms with Crippen molar-refractivity contribution in [2.75, 3.05) is 13.2 Å². The smallest absolute Gasteiger partial charge is 0.504 e. The summed E-state index contributed by atoms with van der Waals surface area (Å²) < 4.78 is 45.4. The van der Waals surface area contributed by atoms with Gasteiger partial charge in [-0.1, -0.05) is 6.07 Å². The predicted octanol–water partition coefficient (Wildman–Crippen LogP) is 3.18. The van der Waals surface area contributed by atoms with E-state index in [0.717, 1.165) is 18.4 Å². The van der Waals surface area contributed by atoms with Gasteiger partial charge in [0.1, 0.15) is 0 Å². The average molecular weight is 262 g/mol. The second-order valence-corrected chi connectivity index (χ2v) is 4.16. The fourth-order valence-electron chi connectivity index (χ4n) is 2.02. The van der Waals surface area contributed by atoms with Gasteiger partial charge in [-0.3, -0.25) is 0 Å². The lowest BCUT2D eigenvalue weighted by atomic mass is 9.91. The number of phenols is 1. The first kappa shape index (κ1) is 13.0.